The highest BCUT2D eigenvalue weighted by atomic mass is 35.5. The first kappa shape index (κ1) is 15.0. The number of carbonyl (C=O) groups is 1. The third-order valence-corrected chi connectivity index (χ3v) is 3.30. The molecule has 1 N–H and O–H groups in total. The molecule has 106 valence electrons. The van der Waals surface area contributed by atoms with Crippen LogP contribution in [0.25, 0.3) is 0 Å². The molecule has 5 heteroatoms. The molecule has 1 heterocycles. The molecule has 0 atom stereocenters. The third-order valence-electron chi connectivity index (χ3n) is 3.10. The molecular formula is C16H14ClN3O. The van der Waals surface area contributed by atoms with E-state index in [-0.39, 0.29) is 11.1 Å². The van der Waals surface area contributed by atoms with Crippen LogP contribution in [-0.4, -0.2) is 10.9 Å². The molecule has 0 spiro atoms. The fourth-order valence-electron chi connectivity index (χ4n) is 1.98. The number of nitrogens with zero attached hydrogens (tertiary/aromatic N) is 2. The summed E-state index contributed by atoms with van der Waals surface area (Å²) in [5, 5.41) is 12.2. The van der Waals surface area contributed by atoms with Crippen molar-refractivity contribution < 1.29 is 4.79 Å². The number of anilines is 1. The first-order chi connectivity index (χ1) is 10.0. The van der Waals surface area contributed by atoms with Gasteiger partial charge in [0.1, 0.15) is 11.2 Å². The molecule has 0 unspecified atom stereocenters. The molecule has 1 amide bonds. The molecule has 2 aromatic rings. The molecule has 0 saturated carbocycles. The molecule has 0 aliphatic heterocycles. The Bertz CT molecular complexity index is 735. The Balaban J connectivity index is 2.33. The molecule has 2 rings (SSSR count). The Labute approximate surface area is 128 Å². The summed E-state index contributed by atoms with van der Waals surface area (Å²) < 4.78 is 0. The average molecular weight is 300 g/mol. The average Bonchev–Trinajstić information content (AvgIpc) is 2.46. The van der Waals surface area contributed by atoms with Crippen LogP contribution in [0.1, 0.15) is 34.1 Å². The molecule has 0 fully saturated rings. The van der Waals surface area contributed by atoms with Crippen molar-refractivity contribution in [1.82, 2.24) is 4.98 Å². The molecule has 4 nitrogen and oxygen atoms in total. The van der Waals surface area contributed by atoms with Gasteiger partial charge in [-0.25, -0.2) is 4.98 Å². The van der Waals surface area contributed by atoms with Crippen molar-refractivity contribution >= 4 is 23.2 Å². The van der Waals surface area contributed by atoms with Crippen LogP contribution in [-0.2, 0) is 6.42 Å². The third kappa shape index (κ3) is 3.39. The highest BCUT2D eigenvalue weighted by Crippen LogP contribution is 2.20. The van der Waals surface area contributed by atoms with Gasteiger partial charge in [-0.3, -0.25) is 4.79 Å². The lowest BCUT2D eigenvalue weighted by atomic mass is 10.1. The lowest BCUT2D eigenvalue weighted by Crippen LogP contribution is -2.14. The number of rotatable bonds is 3. The summed E-state index contributed by atoms with van der Waals surface area (Å²) >= 11 is 5.92. The Kier molecular flexibility index (Phi) is 4.56. The molecular weight excluding hydrogens is 286 g/mol. The number of aromatic nitrogens is 1. The molecule has 0 aliphatic carbocycles. The maximum atomic E-state index is 12.3. The maximum Gasteiger partial charge on any atom is 0.255 e. The molecule has 0 bridgehead atoms. The maximum absolute atomic E-state index is 12.3. The van der Waals surface area contributed by atoms with Crippen molar-refractivity contribution in [2.75, 3.05) is 5.32 Å². The van der Waals surface area contributed by atoms with Crippen molar-refractivity contribution in [3.8, 4) is 6.07 Å². The van der Waals surface area contributed by atoms with Crippen LogP contribution >= 0.6 is 11.6 Å². The Morgan fingerprint density at radius 2 is 2.19 bits per heavy atom. The van der Waals surface area contributed by atoms with E-state index >= 15 is 0 Å². The summed E-state index contributed by atoms with van der Waals surface area (Å²) in [5.41, 5.74) is 2.95. The molecule has 21 heavy (non-hydrogen) atoms. The van der Waals surface area contributed by atoms with Gasteiger partial charge in [0.25, 0.3) is 5.91 Å². The first-order valence-corrected chi connectivity index (χ1v) is 6.90. The van der Waals surface area contributed by atoms with Crippen molar-refractivity contribution in [1.29, 1.82) is 5.26 Å². The van der Waals surface area contributed by atoms with Gasteiger partial charge in [0.15, 0.2) is 0 Å². The van der Waals surface area contributed by atoms with Gasteiger partial charge in [-0.15, -0.1) is 0 Å². The van der Waals surface area contributed by atoms with Gasteiger partial charge < -0.3 is 5.32 Å². The number of hydrogen-bond acceptors (Lipinski definition) is 3. The van der Waals surface area contributed by atoms with E-state index in [4.69, 9.17) is 11.6 Å². The number of pyridine rings is 1. The number of halogens is 1. The van der Waals surface area contributed by atoms with Gasteiger partial charge in [-0.2, -0.15) is 5.26 Å². The fourth-order valence-corrected chi connectivity index (χ4v) is 2.20. The van der Waals surface area contributed by atoms with Crippen LogP contribution in [0.2, 0.25) is 5.15 Å². The highest BCUT2D eigenvalue weighted by Gasteiger charge is 2.12. The number of benzene rings is 1. The second-order valence-electron chi connectivity index (χ2n) is 4.59. The molecule has 0 radical (unpaired) electrons. The quantitative estimate of drug-likeness (QED) is 0.878. The zero-order chi connectivity index (χ0) is 15.4. The van der Waals surface area contributed by atoms with Crippen LogP contribution < -0.4 is 5.32 Å². The minimum atomic E-state index is -0.309. The number of hydrogen-bond donors (Lipinski definition) is 1. The number of amides is 1. The van der Waals surface area contributed by atoms with Gasteiger partial charge >= 0.3 is 0 Å². The number of carbonyl (C=O) groups excluding carboxylic acids is 1. The van der Waals surface area contributed by atoms with E-state index in [1.807, 2.05) is 19.9 Å². The Hall–Kier alpha value is -2.38. The normalized spacial score (nSPS) is 10.0. The topological polar surface area (TPSA) is 65.8 Å². The van der Waals surface area contributed by atoms with Crippen LogP contribution in [0.4, 0.5) is 5.69 Å². The van der Waals surface area contributed by atoms with Crippen molar-refractivity contribution in [2.24, 2.45) is 0 Å². The summed E-state index contributed by atoms with van der Waals surface area (Å²) in [6.07, 6.45) is 0.689. The number of aryl methyl sites for hydroxylation is 2. The summed E-state index contributed by atoms with van der Waals surface area (Å²) in [6.45, 7) is 3.77. The zero-order valence-corrected chi connectivity index (χ0v) is 12.5. The predicted molar refractivity (Wildman–Crippen MR) is 82.5 cm³/mol. The van der Waals surface area contributed by atoms with E-state index in [0.717, 1.165) is 11.3 Å². The van der Waals surface area contributed by atoms with E-state index in [1.54, 1.807) is 18.2 Å². The smallest absolute Gasteiger partial charge is 0.255 e. The summed E-state index contributed by atoms with van der Waals surface area (Å²) in [5.74, 6) is -0.309. The summed E-state index contributed by atoms with van der Waals surface area (Å²) in [4.78, 5) is 16.4. The van der Waals surface area contributed by atoms with E-state index in [0.29, 0.717) is 23.2 Å². The number of nitrogens with one attached hydrogen (secondary N) is 1. The first-order valence-electron chi connectivity index (χ1n) is 6.52. The fraction of sp³-hybridized carbons (Fsp3) is 0.188. The lowest BCUT2D eigenvalue weighted by Gasteiger charge is -2.09. The number of nitriles is 1. The van der Waals surface area contributed by atoms with Crippen LogP contribution in [0.15, 0.2) is 30.3 Å². The second kappa shape index (κ2) is 6.38. The molecule has 1 aromatic heterocycles. The second-order valence-corrected chi connectivity index (χ2v) is 4.97. The molecule has 0 aliphatic rings. The largest absolute Gasteiger partial charge is 0.321 e. The minimum Gasteiger partial charge on any atom is -0.321 e. The van der Waals surface area contributed by atoms with Gasteiger partial charge in [-0.05, 0) is 37.1 Å². The molecule has 0 saturated heterocycles. The van der Waals surface area contributed by atoms with Gasteiger partial charge in [0.05, 0.1) is 11.3 Å². The summed E-state index contributed by atoms with van der Waals surface area (Å²) in [7, 11) is 0. The lowest BCUT2D eigenvalue weighted by molar-refractivity contribution is 0.102. The minimum absolute atomic E-state index is 0.282. The zero-order valence-electron chi connectivity index (χ0n) is 11.8. The van der Waals surface area contributed by atoms with Crippen molar-refractivity contribution in [3.05, 3.63) is 57.9 Å². The van der Waals surface area contributed by atoms with Crippen molar-refractivity contribution in [2.45, 2.75) is 20.3 Å². The van der Waals surface area contributed by atoms with Crippen LogP contribution in [0.5, 0.6) is 0 Å². The van der Waals surface area contributed by atoms with Gasteiger partial charge in [-0.1, -0.05) is 30.7 Å². The van der Waals surface area contributed by atoms with Crippen LogP contribution in [0.3, 0.4) is 0 Å². The Morgan fingerprint density at radius 3 is 2.86 bits per heavy atom. The van der Waals surface area contributed by atoms with Gasteiger partial charge in [0.2, 0.25) is 0 Å². The summed E-state index contributed by atoms with van der Waals surface area (Å²) in [6, 6.07) is 10.6. The van der Waals surface area contributed by atoms with E-state index in [9.17, 15) is 10.1 Å². The highest BCUT2D eigenvalue weighted by molar-refractivity contribution is 6.29. The SMILES string of the molecule is CCc1cc(C(=O)Nc2cccc(C)c2C#N)cc(Cl)n1. The predicted octanol–water partition coefficient (Wildman–Crippen LogP) is 3.73. The van der Waals surface area contributed by atoms with Crippen molar-refractivity contribution in [3.63, 3.8) is 0 Å². The van der Waals surface area contributed by atoms with Gasteiger partial charge in [0, 0.05) is 11.3 Å². The van der Waals surface area contributed by atoms with E-state index in [2.05, 4.69) is 16.4 Å². The van der Waals surface area contributed by atoms with E-state index in [1.165, 1.54) is 6.07 Å². The standard InChI is InChI=1S/C16H14ClN3O/c1-3-12-7-11(8-15(17)19-12)16(21)20-14-6-4-5-10(2)13(14)9-18/h4-8H,3H2,1-2H3,(H,20,21). The van der Waals surface area contributed by atoms with Crippen LogP contribution in [0, 0.1) is 18.3 Å². The monoisotopic (exact) mass is 299 g/mol. The Morgan fingerprint density at radius 1 is 1.43 bits per heavy atom. The van der Waals surface area contributed by atoms with E-state index < -0.39 is 0 Å². The molecule has 1 aromatic carbocycles.